The first-order valence-corrected chi connectivity index (χ1v) is 19.4. The minimum Gasteiger partial charge on any atom is -0.386 e. The molecule has 302 valence electrons. The number of halogens is 4. The molecule has 57 heavy (non-hydrogen) atoms. The molecule has 0 radical (unpaired) electrons. The SMILES string of the molecule is CC(C)(O)c1cc2nn(C3CCN(CCC4CCN(C(=O)c5ccc(Cl)c(N6CCC(=O)NC6=O)c5)CC4)CC3)cc2cc1NC(=O)c1cccc(C(F)(F)F)n1. The molecule has 0 unspecified atom stereocenters. The second kappa shape index (κ2) is 16.1. The van der Waals surface area contributed by atoms with E-state index < -0.39 is 35.1 Å². The fourth-order valence-electron chi connectivity index (χ4n) is 7.82. The van der Waals surface area contributed by atoms with Crippen molar-refractivity contribution in [3.05, 3.63) is 82.3 Å². The first kappa shape index (κ1) is 40.1. The molecule has 0 saturated carbocycles. The molecule has 0 spiro atoms. The molecule has 4 aromatic rings. The number of anilines is 2. The number of piperidine rings is 2. The van der Waals surface area contributed by atoms with Gasteiger partial charge in [-0.05, 0) is 101 Å². The lowest BCUT2D eigenvalue weighted by Gasteiger charge is -2.35. The van der Waals surface area contributed by atoms with Crippen LogP contribution in [0.2, 0.25) is 5.02 Å². The van der Waals surface area contributed by atoms with Crippen LogP contribution in [-0.2, 0) is 16.6 Å². The highest BCUT2D eigenvalue weighted by atomic mass is 35.5. The van der Waals surface area contributed by atoms with Crippen LogP contribution < -0.4 is 15.5 Å². The average Bonchev–Trinajstić information content (AvgIpc) is 3.60. The van der Waals surface area contributed by atoms with Gasteiger partial charge in [0.1, 0.15) is 11.4 Å². The highest BCUT2D eigenvalue weighted by molar-refractivity contribution is 6.34. The summed E-state index contributed by atoms with van der Waals surface area (Å²) < 4.78 is 41.6. The summed E-state index contributed by atoms with van der Waals surface area (Å²) in [6, 6.07) is 11.0. The number of hydrogen-bond donors (Lipinski definition) is 3. The van der Waals surface area contributed by atoms with E-state index in [9.17, 15) is 37.5 Å². The van der Waals surface area contributed by atoms with Crippen molar-refractivity contribution in [3.63, 3.8) is 0 Å². The highest BCUT2D eigenvalue weighted by Crippen LogP contribution is 2.35. The van der Waals surface area contributed by atoms with Crippen molar-refractivity contribution in [3.8, 4) is 0 Å². The number of nitrogens with zero attached hydrogens (tertiary/aromatic N) is 6. The highest BCUT2D eigenvalue weighted by Gasteiger charge is 2.34. The van der Waals surface area contributed by atoms with Crippen LogP contribution in [0.4, 0.5) is 29.3 Å². The molecule has 2 aromatic carbocycles. The Hall–Kier alpha value is -5.06. The maximum absolute atomic E-state index is 13.4. The van der Waals surface area contributed by atoms with E-state index in [2.05, 4.69) is 20.5 Å². The summed E-state index contributed by atoms with van der Waals surface area (Å²) in [5.41, 5.74) is -0.865. The number of aliphatic hydroxyl groups is 1. The first-order chi connectivity index (χ1) is 27.0. The Kier molecular flexibility index (Phi) is 11.3. The van der Waals surface area contributed by atoms with Gasteiger partial charge in [-0.25, -0.2) is 9.78 Å². The van der Waals surface area contributed by atoms with Crippen LogP contribution in [0.25, 0.3) is 10.9 Å². The quantitative estimate of drug-likeness (QED) is 0.171. The van der Waals surface area contributed by atoms with Crippen molar-refractivity contribution in [1.82, 2.24) is 29.9 Å². The van der Waals surface area contributed by atoms with Crippen molar-refractivity contribution in [1.29, 1.82) is 0 Å². The molecule has 13 nitrogen and oxygen atoms in total. The number of amides is 5. The number of nitrogens with one attached hydrogen (secondary N) is 2. The normalized spacial score (nSPS) is 17.9. The Morgan fingerprint density at radius 1 is 0.982 bits per heavy atom. The Labute approximate surface area is 332 Å². The minimum absolute atomic E-state index is 0.113. The van der Waals surface area contributed by atoms with Crippen molar-refractivity contribution in [2.75, 3.05) is 49.5 Å². The van der Waals surface area contributed by atoms with Gasteiger partial charge in [0.05, 0.1) is 27.9 Å². The van der Waals surface area contributed by atoms with Gasteiger partial charge >= 0.3 is 12.2 Å². The van der Waals surface area contributed by atoms with Gasteiger partial charge in [0.15, 0.2) is 0 Å². The van der Waals surface area contributed by atoms with Gasteiger partial charge in [-0.1, -0.05) is 17.7 Å². The lowest BCUT2D eigenvalue weighted by Crippen LogP contribution is -2.49. The van der Waals surface area contributed by atoms with Gasteiger partial charge in [-0.15, -0.1) is 0 Å². The van der Waals surface area contributed by atoms with Gasteiger partial charge in [0, 0.05) is 67.5 Å². The number of aromatic nitrogens is 3. The van der Waals surface area contributed by atoms with Crippen LogP contribution in [-0.4, -0.2) is 92.7 Å². The lowest BCUT2D eigenvalue weighted by molar-refractivity contribution is -0.141. The molecule has 3 aliphatic heterocycles. The molecule has 5 heterocycles. The Bertz CT molecular complexity index is 2190. The van der Waals surface area contributed by atoms with Crippen molar-refractivity contribution < 1.29 is 37.5 Å². The first-order valence-electron chi connectivity index (χ1n) is 19.1. The molecule has 3 saturated heterocycles. The van der Waals surface area contributed by atoms with E-state index >= 15 is 0 Å². The second-order valence-electron chi connectivity index (χ2n) is 15.5. The Balaban J connectivity index is 0.913. The molecule has 3 aliphatic rings. The second-order valence-corrected chi connectivity index (χ2v) is 15.9. The van der Waals surface area contributed by atoms with E-state index in [0.717, 1.165) is 63.9 Å². The Morgan fingerprint density at radius 3 is 2.40 bits per heavy atom. The lowest BCUT2D eigenvalue weighted by atomic mass is 9.92. The number of imide groups is 1. The predicted octanol–water partition coefficient (Wildman–Crippen LogP) is 6.61. The van der Waals surface area contributed by atoms with E-state index in [0.29, 0.717) is 51.7 Å². The molecule has 5 amide bonds. The molecular formula is C40H44ClF3N8O5. The molecule has 0 bridgehead atoms. The molecule has 3 N–H and O–H groups in total. The van der Waals surface area contributed by atoms with Crippen molar-refractivity contribution in [2.24, 2.45) is 5.92 Å². The van der Waals surface area contributed by atoms with Gasteiger partial charge in [0.2, 0.25) is 5.91 Å². The molecular weight excluding hydrogens is 765 g/mol. The number of carbonyl (C=O) groups is 4. The van der Waals surface area contributed by atoms with Gasteiger partial charge in [0.25, 0.3) is 11.8 Å². The fraction of sp³-hybridized carbons (Fsp3) is 0.450. The number of carbonyl (C=O) groups excluding carboxylic acids is 4. The monoisotopic (exact) mass is 808 g/mol. The van der Waals surface area contributed by atoms with Crippen molar-refractivity contribution in [2.45, 2.75) is 70.2 Å². The van der Waals surface area contributed by atoms with Crippen LogP contribution in [0, 0.1) is 5.92 Å². The largest absolute Gasteiger partial charge is 0.433 e. The summed E-state index contributed by atoms with van der Waals surface area (Å²) in [5, 5.41) is 21.8. The number of benzene rings is 2. The summed E-state index contributed by atoms with van der Waals surface area (Å²) in [6.07, 6.45) is 1.92. The smallest absolute Gasteiger partial charge is 0.386 e. The van der Waals surface area contributed by atoms with Gasteiger partial charge < -0.3 is 20.2 Å². The number of likely N-dealkylation sites (tertiary alicyclic amines) is 2. The molecule has 2 aromatic heterocycles. The number of hydrogen-bond acceptors (Lipinski definition) is 8. The Morgan fingerprint density at radius 2 is 1.72 bits per heavy atom. The zero-order valence-electron chi connectivity index (χ0n) is 31.6. The van der Waals surface area contributed by atoms with Gasteiger partial charge in [-0.2, -0.15) is 18.3 Å². The number of alkyl halides is 3. The minimum atomic E-state index is -4.70. The van der Waals surface area contributed by atoms with Crippen LogP contribution in [0.1, 0.15) is 90.5 Å². The number of urea groups is 1. The molecule has 0 aliphatic carbocycles. The van der Waals surface area contributed by atoms with E-state index in [-0.39, 0.29) is 36.5 Å². The average molecular weight is 809 g/mol. The van der Waals surface area contributed by atoms with E-state index in [1.165, 1.54) is 11.0 Å². The molecule has 0 atom stereocenters. The third-order valence-electron chi connectivity index (χ3n) is 11.1. The van der Waals surface area contributed by atoms with Crippen LogP contribution in [0.15, 0.2) is 54.7 Å². The summed E-state index contributed by atoms with van der Waals surface area (Å²) in [4.78, 5) is 59.6. The third-order valence-corrected chi connectivity index (χ3v) is 11.4. The number of rotatable bonds is 9. The van der Waals surface area contributed by atoms with E-state index in [1.54, 1.807) is 44.2 Å². The summed E-state index contributed by atoms with van der Waals surface area (Å²) in [6.45, 7) is 7.31. The van der Waals surface area contributed by atoms with Gasteiger partial charge in [-0.3, -0.25) is 29.3 Å². The molecule has 7 rings (SSSR count). The fourth-order valence-corrected chi connectivity index (χ4v) is 8.04. The zero-order valence-corrected chi connectivity index (χ0v) is 32.4. The van der Waals surface area contributed by atoms with Crippen LogP contribution >= 0.6 is 11.6 Å². The maximum Gasteiger partial charge on any atom is 0.433 e. The predicted molar refractivity (Wildman–Crippen MR) is 207 cm³/mol. The summed E-state index contributed by atoms with van der Waals surface area (Å²) >= 11 is 6.38. The third kappa shape index (κ3) is 9.08. The topological polar surface area (TPSA) is 153 Å². The van der Waals surface area contributed by atoms with Crippen molar-refractivity contribution >= 4 is 57.6 Å². The van der Waals surface area contributed by atoms with Crippen LogP contribution in [0.3, 0.4) is 0 Å². The number of fused-ring (bicyclic) bond motifs is 1. The van der Waals surface area contributed by atoms with E-state index in [1.807, 2.05) is 15.8 Å². The zero-order chi connectivity index (χ0) is 40.6. The maximum atomic E-state index is 13.4. The molecule has 17 heteroatoms. The summed E-state index contributed by atoms with van der Waals surface area (Å²) in [7, 11) is 0. The van der Waals surface area contributed by atoms with E-state index in [4.69, 9.17) is 16.7 Å². The standard InChI is InChI=1S/C40H44ClF3N8O5/c1-39(2,57)28-22-31-26(20-32(28)46-36(54)30-4-3-5-34(45-30)40(42,43)44)23-52(48-31)27-11-15-49(16-12-27)14-8-24-9-17-50(18-10-24)37(55)25-6-7-29(41)33(21-25)51-19-13-35(53)47-38(51)56/h3-7,20-24,27,57H,8-19H2,1-2H3,(H,46,54)(H,47,53,56). The molecule has 3 fully saturated rings. The van der Waals surface area contributed by atoms with Crippen LogP contribution in [0.5, 0.6) is 0 Å². The summed E-state index contributed by atoms with van der Waals surface area (Å²) in [5.74, 6) is -0.799. The number of pyridine rings is 1.